The quantitative estimate of drug-likeness (QED) is 0.437. The zero-order valence-corrected chi connectivity index (χ0v) is 14.2. The summed E-state index contributed by atoms with van der Waals surface area (Å²) in [4.78, 5) is 8.55. The largest absolute Gasteiger partial charge is 0.236 e. The summed E-state index contributed by atoms with van der Waals surface area (Å²) >= 11 is 1.74. The van der Waals surface area contributed by atoms with E-state index in [1.165, 1.54) is 21.4 Å². The molecule has 0 N–H and O–H groups in total. The first-order chi connectivity index (χ1) is 10.1. The van der Waals surface area contributed by atoms with Crippen molar-refractivity contribution in [2.75, 3.05) is 0 Å². The summed E-state index contributed by atoms with van der Waals surface area (Å²) in [6.07, 6.45) is 0. The minimum absolute atomic E-state index is 0.906. The second-order valence-corrected chi connectivity index (χ2v) is 6.35. The molecule has 106 valence electrons. The fourth-order valence-corrected chi connectivity index (χ4v) is 3.63. The molecule has 21 heavy (non-hydrogen) atoms. The Labute approximate surface area is 130 Å². The van der Waals surface area contributed by atoms with Crippen LogP contribution in [0.5, 0.6) is 0 Å². The maximum absolute atomic E-state index is 4.76. The first-order valence-electron chi connectivity index (χ1n) is 6.69. The number of aromatic nitrogens is 1. The lowest BCUT2D eigenvalue weighted by atomic mass is 10.0. The van der Waals surface area contributed by atoms with Crippen molar-refractivity contribution in [2.45, 2.75) is 20.8 Å². The Morgan fingerprint density at radius 1 is 1.05 bits per heavy atom. The summed E-state index contributed by atoms with van der Waals surface area (Å²) < 4.78 is 1.23. The van der Waals surface area contributed by atoms with Crippen molar-refractivity contribution in [3.05, 3.63) is 47.0 Å². The molecule has 0 bridgehead atoms. The van der Waals surface area contributed by atoms with Crippen LogP contribution in [0, 0.1) is 20.8 Å². The van der Waals surface area contributed by atoms with Gasteiger partial charge in [-0.05, 0) is 61.7 Å². The smallest absolute Gasteiger partial charge is 0.124 e. The molecule has 0 aliphatic rings. The normalized spacial score (nSPS) is 11.6. The lowest BCUT2D eigenvalue weighted by Crippen LogP contribution is -1.87. The molecule has 0 amide bonds. The van der Waals surface area contributed by atoms with Gasteiger partial charge >= 0.3 is 0 Å². The van der Waals surface area contributed by atoms with Crippen LogP contribution in [0.1, 0.15) is 16.7 Å². The van der Waals surface area contributed by atoms with E-state index in [0.717, 1.165) is 21.8 Å². The highest BCUT2D eigenvalue weighted by Crippen LogP contribution is 2.36. The SMILES string of the molecule is Cc1ccc2nc(-c3ccc(/N=N/P)c(C)c3C)sc2c1. The van der Waals surface area contributed by atoms with E-state index in [1.54, 1.807) is 11.3 Å². The van der Waals surface area contributed by atoms with Gasteiger partial charge in [-0.15, -0.1) is 11.3 Å². The molecule has 1 aromatic heterocycles. The summed E-state index contributed by atoms with van der Waals surface area (Å²) in [7, 11) is 2.27. The van der Waals surface area contributed by atoms with E-state index in [2.05, 4.69) is 64.4 Å². The highest BCUT2D eigenvalue weighted by atomic mass is 32.1. The van der Waals surface area contributed by atoms with Crippen LogP contribution in [0.3, 0.4) is 0 Å². The summed E-state index contributed by atoms with van der Waals surface area (Å²) in [5, 5.41) is 5.19. The van der Waals surface area contributed by atoms with Gasteiger partial charge in [-0.2, -0.15) is 10.00 Å². The molecule has 3 rings (SSSR count). The van der Waals surface area contributed by atoms with Crippen LogP contribution < -0.4 is 0 Å². The van der Waals surface area contributed by atoms with Crippen LogP contribution in [-0.2, 0) is 0 Å². The molecule has 1 heterocycles. The van der Waals surface area contributed by atoms with E-state index in [4.69, 9.17) is 4.98 Å². The average Bonchev–Trinajstić information content (AvgIpc) is 2.87. The molecule has 0 saturated heterocycles. The third kappa shape index (κ3) is 2.61. The van der Waals surface area contributed by atoms with Crippen molar-refractivity contribution in [3.63, 3.8) is 0 Å². The highest BCUT2D eigenvalue weighted by molar-refractivity contribution is 7.21. The third-order valence-electron chi connectivity index (χ3n) is 3.70. The van der Waals surface area contributed by atoms with Gasteiger partial charge < -0.3 is 0 Å². The number of fused-ring (bicyclic) bond motifs is 1. The van der Waals surface area contributed by atoms with E-state index < -0.39 is 0 Å². The number of nitrogens with zero attached hydrogens (tertiary/aromatic N) is 3. The predicted molar refractivity (Wildman–Crippen MR) is 93.5 cm³/mol. The Kier molecular flexibility index (Phi) is 3.83. The van der Waals surface area contributed by atoms with E-state index in [1.807, 2.05) is 6.07 Å². The average molecular weight is 313 g/mol. The fourth-order valence-electron chi connectivity index (χ4n) is 2.36. The van der Waals surface area contributed by atoms with Crippen LogP contribution in [-0.4, -0.2) is 4.98 Å². The number of hydrogen-bond acceptors (Lipinski definition) is 4. The molecule has 0 saturated carbocycles. The molecule has 1 unspecified atom stereocenters. The first-order valence-corrected chi connectivity index (χ1v) is 8.02. The van der Waals surface area contributed by atoms with Gasteiger partial charge in [0.05, 0.1) is 15.9 Å². The molecule has 0 spiro atoms. The molecule has 1 atom stereocenters. The molecular weight excluding hydrogens is 297 g/mol. The second-order valence-electron chi connectivity index (χ2n) is 5.09. The Balaban J connectivity index is 2.16. The molecule has 0 aliphatic carbocycles. The molecular formula is C16H16N3PS. The Bertz CT molecular complexity index is 852. The zero-order chi connectivity index (χ0) is 15.0. The van der Waals surface area contributed by atoms with Gasteiger partial charge in [0.15, 0.2) is 0 Å². The second kappa shape index (κ2) is 5.63. The van der Waals surface area contributed by atoms with Gasteiger partial charge in [0, 0.05) is 15.0 Å². The number of aryl methyl sites for hydroxylation is 1. The summed E-state index contributed by atoms with van der Waals surface area (Å²) in [5.74, 6) is 0. The summed E-state index contributed by atoms with van der Waals surface area (Å²) in [6.45, 7) is 6.30. The van der Waals surface area contributed by atoms with Crippen molar-refractivity contribution >= 4 is 36.6 Å². The van der Waals surface area contributed by atoms with Gasteiger partial charge in [-0.3, -0.25) is 0 Å². The minimum atomic E-state index is 0.906. The number of thiazole rings is 1. The molecule has 0 aliphatic heterocycles. The van der Waals surface area contributed by atoms with Crippen molar-refractivity contribution in [1.82, 2.24) is 4.98 Å². The minimum Gasteiger partial charge on any atom is -0.236 e. The number of hydrogen-bond donors (Lipinski definition) is 0. The van der Waals surface area contributed by atoms with Crippen LogP contribution in [0.2, 0.25) is 0 Å². The maximum Gasteiger partial charge on any atom is 0.124 e. The fraction of sp³-hybridized carbons (Fsp3) is 0.188. The molecule has 3 aromatic rings. The third-order valence-corrected chi connectivity index (χ3v) is 4.87. The van der Waals surface area contributed by atoms with Gasteiger partial charge in [0.25, 0.3) is 0 Å². The Hall–Kier alpha value is -1.64. The van der Waals surface area contributed by atoms with Crippen LogP contribution >= 0.6 is 20.7 Å². The topological polar surface area (TPSA) is 37.6 Å². The lowest BCUT2D eigenvalue weighted by molar-refractivity contribution is 1.25. The van der Waals surface area contributed by atoms with Gasteiger partial charge in [-0.1, -0.05) is 6.07 Å². The van der Waals surface area contributed by atoms with Crippen molar-refractivity contribution in [1.29, 1.82) is 0 Å². The van der Waals surface area contributed by atoms with Crippen molar-refractivity contribution in [2.24, 2.45) is 10.00 Å². The van der Waals surface area contributed by atoms with Gasteiger partial charge in [0.1, 0.15) is 5.01 Å². The number of benzene rings is 2. The molecule has 0 radical (unpaired) electrons. The van der Waals surface area contributed by atoms with Crippen molar-refractivity contribution < 1.29 is 0 Å². The Morgan fingerprint density at radius 2 is 1.86 bits per heavy atom. The summed E-state index contributed by atoms with van der Waals surface area (Å²) in [6, 6.07) is 10.5. The molecule has 3 nitrogen and oxygen atoms in total. The zero-order valence-electron chi connectivity index (χ0n) is 12.2. The summed E-state index contributed by atoms with van der Waals surface area (Å²) in [5.41, 5.74) is 6.76. The van der Waals surface area contributed by atoms with Crippen LogP contribution in [0.15, 0.2) is 40.3 Å². The number of rotatable bonds is 2. The van der Waals surface area contributed by atoms with E-state index in [-0.39, 0.29) is 0 Å². The van der Waals surface area contributed by atoms with E-state index >= 15 is 0 Å². The highest BCUT2D eigenvalue weighted by Gasteiger charge is 2.12. The van der Waals surface area contributed by atoms with E-state index in [0.29, 0.717) is 0 Å². The van der Waals surface area contributed by atoms with Gasteiger partial charge in [-0.25, -0.2) is 4.98 Å². The molecule has 5 heteroatoms. The first kappa shape index (κ1) is 14.3. The van der Waals surface area contributed by atoms with Crippen molar-refractivity contribution in [3.8, 4) is 10.6 Å². The van der Waals surface area contributed by atoms with Crippen LogP contribution in [0.4, 0.5) is 5.69 Å². The monoisotopic (exact) mass is 313 g/mol. The van der Waals surface area contributed by atoms with Crippen LogP contribution in [0.25, 0.3) is 20.8 Å². The Morgan fingerprint density at radius 3 is 2.62 bits per heavy atom. The molecule has 0 fully saturated rings. The van der Waals surface area contributed by atoms with E-state index in [9.17, 15) is 0 Å². The standard InChI is InChI=1S/C16H16N3PS/c1-9-4-6-14-15(8-9)21-16(17-14)12-5-7-13(18-19-20)11(3)10(12)2/h4-8H,20H2,1-3H3/b19-18+. The lowest BCUT2D eigenvalue weighted by Gasteiger charge is -2.08. The van der Waals surface area contributed by atoms with Gasteiger partial charge in [0.2, 0.25) is 0 Å². The maximum atomic E-state index is 4.76. The molecule has 2 aromatic carbocycles. The predicted octanol–water partition coefficient (Wildman–Crippen LogP) is 5.76.